The Morgan fingerprint density at radius 1 is 1.18 bits per heavy atom. The number of amides is 1. The molecule has 1 aromatic carbocycles. The van der Waals surface area contributed by atoms with E-state index in [0.717, 1.165) is 9.36 Å². The predicted octanol–water partition coefficient (Wildman–Crippen LogP) is 1.59. The van der Waals surface area contributed by atoms with Gasteiger partial charge in [-0.3, -0.25) is 9.36 Å². The van der Waals surface area contributed by atoms with Crippen molar-refractivity contribution in [3.8, 4) is 17.2 Å². The van der Waals surface area contributed by atoms with Crippen LogP contribution in [0.4, 0.5) is 13.2 Å². The van der Waals surface area contributed by atoms with Gasteiger partial charge in [-0.25, -0.2) is 24.2 Å². The number of alkyl halides is 3. The molecule has 1 unspecified atom stereocenters. The first-order valence-corrected chi connectivity index (χ1v) is 11.8. The highest BCUT2D eigenvalue weighted by Crippen LogP contribution is 2.24. The van der Waals surface area contributed by atoms with E-state index < -0.39 is 48.8 Å². The second-order valence-electron chi connectivity index (χ2n) is 8.16. The number of nitrogens with zero attached hydrogens (tertiary/aromatic N) is 7. The van der Waals surface area contributed by atoms with Crippen molar-refractivity contribution in [3.63, 3.8) is 0 Å². The van der Waals surface area contributed by atoms with Crippen molar-refractivity contribution >= 4 is 23.5 Å². The van der Waals surface area contributed by atoms with Crippen LogP contribution in [0.2, 0.25) is 5.02 Å². The zero-order valence-electron chi connectivity index (χ0n) is 20.5. The maximum absolute atomic E-state index is 13.1. The Kier molecular flexibility index (Phi) is 8.01. The van der Waals surface area contributed by atoms with Gasteiger partial charge in [-0.15, -0.1) is 10.2 Å². The van der Waals surface area contributed by atoms with Gasteiger partial charge < -0.3 is 15.6 Å². The molecule has 17 heteroatoms. The van der Waals surface area contributed by atoms with Crippen LogP contribution >= 0.6 is 11.6 Å². The molecule has 1 amide bonds. The molecule has 4 aromatic rings. The summed E-state index contributed by atoms with van der Waals surface area (Å²) in [6.07, 6.45) is -6.55. The van der Waals surface area contributed by atoms with Crippen LogP contribution in [-0.4, -0.2) is 70.0 Å². The molecule has 4 rings (SSSR count). The fraction of sp³-hybridized carbons (Fsp3) is 0.261. The number of primary amides is 1. The summed E-state index contributed by atoms with van der Waals surface area (Å²) >= 11 is 5.89. The summed E-state index contributed by atoms with van der Waals surface area (Å²) in [6.45, 7) is -0.0167. The first kappa shape index (κ1) is 28.4. The van der Waals surface area contributed by atoms with Crippen LogP contribution < -0.4 is 11.4 Å². The summed E-state index contributed by atoms with van der Waals surface area (Å²) < 4.78 is 46.6. The van der Waals surface area contributed by atoms with E-state index in [1.807, 2.05) is 0 Å². The standard InChI is InChI=1S/C23H20ClF3N8O5/c1-2-40-21(38)14-4-3-9-29-19(14)35-20(17(28)37)30-16(31-35)11-34-22(39)33(10-15(36)23(25,26)27)18(32-34)12-5-7-13(24)8-6-12/h3-9,15,36H,2,10-11H2,1H3,(H2,28,37). The number of esters is 1. The molecule has 40 heavy (non-hydrogen) atoms. The quantitative estimate of drug-likeness (QED) is 0.279. The van der Waals surface area contributed by atoms with Crippen LogP contribution in [0.5, 0.6) is 0 Å². The number of nitrogens with two attached hydrogens (primary N) is 1. The average molecular weight is 581 g/mol. The summed E-state index contributed by atoms with van der Waals surface area (Å²) in [4.78, 5) is 45.8. The molecule has 0 saturated heterocycles. The summed E-state index contributed by atoms with van der Waals surface area (Å²) in [6, 6.07) is 8.59. The van der Waals surface area contributed by atoms with E-state index in [2.05, 4.69) is 20.2 Å². The van der Waals surface area contributed by atoms with Crippen LogP contribution in [0.15, 0.2) is 47.4 Å². The predicted molar refractivity (Wildman–Crippen MR) is 132 cm³/mol. The van der Waals surface area contributed by atoms with E-state index in [1.165, 1.54) is 42.6 Å². The zero-order chi connectivity index (χ0) is 29.2. The lowest BCUT2D eigenvalue weighted by Crippen LogP contribution is -2.37. The molecular weight excluding hydrogens is 561 g/mol. The number of aromatic nitrogens is 7. The number of rotatable bonds is 9. The minimum Gasteiger partial charge on any atom is -0.462 e. The number of aliphatic hydroxyl groups excluding tert-OH is 1. The number of carbonyl (C=O) groups excluding carboxylic acids is 2. The lowest BCUT2D eigenvalue weighted by molar-refractivity contribution is -0.207. The Hall–Kier alpha value is -4.57. The Balaban J connectivity index is 1.79. The smallest absolute Gasteiger partial charge is 0.416 e. The second kappa shape index (κ2) is 11.3. The Bertz CT molecular complexity index is 1610. The topological polar surface area (TPSA) is 173 Å². The third kappa shape index (κ3) is 5.86. The first-order chi connectivity index (χ1) is 18.9. The minimum absolute atomic E-state index is 0.0585. The lowest BCUT2D eigenvalue weighted by Gasteiger charge is -2.15. The molecule has 0 fully saturated rings. The zero-order valence-corrected chi connectivity index (χ0v) is 21.3. The van der Waals surface area contributed by atoms with E-state index in [0.29, 0.717) is 9.59 Å². The monoisotopic (exact) mass is 580 g/mol. The summed E-state index contributed by atoms with van der Waals surface area (Å²) in [5.74, 6) is -2.80. The molecule has 3 N–H and O–H groups in total. The number of benzene rings is 1. The van der Waals surface area contributed by atoms with Gasteiger partial charge in [0, 0.05) is 16.8 Å². The number of pyridine rings is 1. The number of carbonyl (C=O) groups is 2. The van der Waals surface area contributed by atoms with Crippen molar-refractivity contribution < 1.29 is 32.6 Å². The average Bonchev–Trinajstić information content (AvgIpc) is 3.46. The second-order valence-corrected chi connectivity index (χ2v) is 8.60. The van der Waals surface area contributed by atoms with E-state index >= 15 is 0 Å². The molecule has 1 atom stereocenters. The molecule has 0 aliphatic rings. The molecule has 3 aromatic heterocycles. The summed E-state index contributed by atoms with van der Waals surface area (Å²) in [5.41, 5.74) is 4.59. The van der Waals surface area contributed by atoms with Gasteiger partial charge in [0.1, 0.15) is 12.1 Å². The number of hydrogen-bond donors (Lipinski definition) is 2. The molecule has 0 bridgehead atoms. The largest absolute Gasteiger partial charge is 0.462 e. The van der Waals surface area contributed by atoms with Gasteiger partial charge in [-0.05, 0) is 43.3 Å². The Morgan fingerprint density at radius 2 is 1.88 bits per heavy atom. The van der Waals surface area contributed by atoms with Crippen LogP contribution in [-0.2, 0) is 17.8 Å². The van der Waals surface area contributed by atoms with E-state index in [-0.39, 0.29) is 35.2 Å². The van der Waals surface area contributed by atoms with Crippen molar-refractivity contribution in [2.45, 2.75) is 32.3 Å². The van der Waals surface area contributed by atoms with E-state index in [1.54, 1.807) is 6.92 Å². The molecule has 0 saturated carbocycles. The number of aliphatic hydroxyl groups is 1. The van der Waals surface area contributed by atoms with Crippen molar-refractivity contribution in [2.24, 2.45) is 5.73 Å². The maximum atomic E-state index is 13.1. The summed E-state index contributed by atoms with van der Waals surface area (Å²) in [7, 11) is 0. The molecule has 13 nitrogen and oxygen atoms in total. The Morgan fingerprint density at radius 3 is 2.50 bits per heavy atom. The van der Waals surface area contributed by atoms with Crippen molar-refractivity contribution in [2.75, 3.05) is 6.61 Å². The first-order valence-electron chi connectivity index (χ1n) is 11.5. The van der Waals surface area contributed by atoms with Crippen LogP contribution in [0.25, 0.3) is 17.2 Å². The molecule has 0 aliphatic heterocycles. The van der Waals surface area contributed by atoms with Gasteiger partial charge in [-0.1, -0.05) is 11.6 Å². The minimum atomic E-state index is -5.01. The maximum Gasteiger partial charge on any atom is 0.416 e. The third-order valence-corrected chi connectivity index (χ3v) is 5.66. The Labute approximate surface area is 227 Å². The van der Waals surface area contributed by atoms with Crippen molar-refractivity contribution in [1.29, 1.82) is 0 Å². The van der Waals surface area contributed by atoms with Gasteiger partial charge in [0.15, 0.2) is 23.6 Å². The fourth-order valence-corrected chi connectivity index (χ4v) is 3.72. The van der Waals surface area contributed by atoms with Gasteiger partial charge in [0.2, 0.25) is 5.82 Å². The lowest BCUT2D eigenvalue weighted by atomic mass is 10.2. The molecular formula is C23H20ClF3N8O5. The number of halogens is 4. The van der Waals surface area contributed by atoms with Gasteiger partial charge in [0.05, 0.1) is 13.2 Å². The van der Waals surface area contributed by atoms with Crippen molar-refractivity contribution in [1.82, 2.24) is 34.1 Å². The number of ether oxygens (including phenoxy) is 1. The molecule has 0 radical (unpaired) electrons. The van der Waals surface area contributed by atoms with E-state index in [4.69, 9.17) is 22.1 Å². The highest BCUT2D eigenvalue weighted by atomic mass is 35.5. The molecule has 0 aliphatic carbocycles. The van der Waals surface area contributed by atoms with Crippen molar-refractivity contribution in [3.05, 3.63) is 75.3 Å². The van der Waals surface area contributed by atoms with Gasteiger partial charge in [-0.2, -0.15) is 17.9 Å². The molecule has 3 heterocycles. The normalized spacial score (nSPS) is 12.3. The van der Waals surface area contributed by atoms with Crippen LogP contribution in [0.1, 0.15) is 33.7 Å². The number of hydrogen-bond acceptors (Lipinski definition) is 9. The van der Waals surface area contributed by atoms with Gasteiger partial charge >= 0.3 is 17.8 Å². The fourth-order valence-electron chi connectivity index (χ4n) is 3.59. The highest BCUT2D eigenvalue weighted by molar-refractivity contribution is 6.30. The molecule has 210 valence electrons. The third-order valence-electron chi connectivity index (χ3n) is 5.40. The van der Waals surface area contributed by atoms with Crippen LogP contribution in [0.3, 0.4) is 0 Å². The summed E-state index contributed by atoms with van der Waals surface area (Å²) in [5, 5.41) is 18.2. The SMILES string of the molecule is CCOC(=O)c1cccnc1-n1nc(Cn2nc(-c3ccc(Cl)cc3)n(CC(O)C(F)(F)F)c2=O)nc1C(N)=O. The molecule has 0 spiro atoms. The van der Waals surface area contributed by atoms with Gasteiger partial charge in [0.25, 0.3) is 5.91 Å². The highest BCUT2D eigenvalue weighted by Gasteiger charge is 2.39. The van der Waals surface area contributed by atoms with E-state index in [9.17, 15) is 32.7 Å². The van der Waals surface area contributed by atoms with Crippen LogP contribution in [0, 0.1) is 0 Å².